The number of nitrogens with zero attached hydrogens (tertiary/aromatic N) is 2. The van der Waals surface area contributed by atoms with Crippen LogP contribution in [0.5, 0.6) is 0 Å². The predicted molar refractivity (Wildman–Crippen MR) is 174 cm³/mol. The highest BCUT2D eigenvalue weighted by Gasteiger charge is 2.21. The summed E-state index contributed by atoms with van der Waals surface area (Å²) in [6.45, 7) is 17.5. The monoisotopic (exact) mass is 524 g/mol. The summed E-state index contributed by atoms with van der Waals surface area (Å²) in [7, 11) is 0. The molecule has 0 N–H and O–H groups in total. The van der Waals surface area contributed by atoms with Gasteiger partial charge in [-0.25, -0.2) is 0 Å². The van der Waals surface area contributed by atoms with Crippen LogP contribution in [-0.2, 0) is 0 Å². The standard InChI is InChI=1S/C38H40N2/c1-25-12-16-33(17-13-25)39(37-29(5)20-27(3)21-30(37)6)35-10-9-11-36(24-35)40(34-18-14-26(2)15-19-34)38-31(7)22-28(4)23-32(38)8/h9-24H,1-8H3. The predicted octanol–water partition coefficient (Wildman–Crippen LogP) is 11.1. The lowest BCUT2D eigenvalue weighted by molar-refractivity contribution is 1.18. The molecule has 5 rings (SSSR count). The second kappa shape index (κ2) is 11.1. The first-order chi connectivity index (χ1) is 19.1. The minimum absolute atomic E-state index is 1.14. The molecule has 0 spiro atoms. The maximum Gasteiger partial charge on any atom is 0.0520 e. The van der Waals surface area contributed by atoms with Crippen molar-refractivity contribution >= 4 is 34.1 Å². The fourth-order valence-electron chi connectivity index (χ4n) is 6.02. The third kappa shape index (κ3) is 5.40. The highest BCUT2D eigenvalue weighted by molar-refractivity contribution is 5.86. The van der Waals surface area contributed by atoms with Gasteiger partial charge in [-0.2, -0.15) is 0 Å². The Balaban J connectivity index is 1.75. The van der Waals surface area contributed by atoms with Crippen molar-refractivity contribution in [3.8, 4) is 0 Å². The van der Waals surface area contributed by atoms with Crippen molar-refractivity contribution in [2.24, 2.45) is 0 Å². The van der Waals surface area contributed by atoms with Gasteiger partial charge < -0.3 is 9.80 Å². The molecule has 0 atom stereocenters. The van der Waals surface area contributed by atoms with E-state index in [0.29, 0.717) is 0 Å². The van der Waals surface area contributed by atoms with Gasteiger partial charge in [-0.1, -0.05) is 76.9 Å². The van der Waals surface area contributed by atoms with E-state index in [4.69, 9.17) is 0 Å². The van der Waals surface area contributed by atoms with Gasteiger partial charge in [0.25, 0.3) is 0 Å². The van der Waals surface area contributed by atoms with Gasteiger partial charge in [0.2, 0.25) is 0 Å². The van der Waals surface area contributed by atoms with E-state index in [0.717, 1.165) is 22.7 Å². The topological polar surface area (TPSA) is 6.48 Å². The lowest BCUT2D eigenvalue weighted by Crippen LogP contribution is -2.16. The van der Waals surface area contributed by atoms with Gasteiger partial charge >= 0.3 is 0 Å². The molecule has 2 nitrogen and oxygen atoms in total. The van der Waals surface area contributed by atoms with E-state index in [1.807, 2.05) is 0 Å². The van der Waals surface area contributed by atoms with Gasteiger partial charge in [0.1, 0.15) is 0 Å². The summed E-state index contributed by atoms with van der Waals surface area (Å²) >= 11 is 0. The van der Waals surface area contributed by atoms with Crippen LogP contribution in [0.15, 0.2) is 97.1 Å². The van der Waals surface area contributed by atoms with Crippen LogP contribution in [0.25, 0.3) is 0 Å². The molecule has 0 aromatic heterocycles. The first-order valence-electron chi connectivity index (χ1n) is 14.1. The zero-order valence-electron chi connectivity index (χ0n) is 25.1. The Morgan fingerprint density at radius 2 is 0.650 bits per heavy atom. The van der Waals surface area contributed by atoms with Gasteiger partial charge in [-0.05, 0) is 120 Å². The first-order valence-corrected chi connectivity index (χ1v) is 14.1. The van der Waals surface area contributed by atoms with Crippen LogP contribution in [-0.4, -0.2) is 0 Å². The summed E-state index contributed by atoms with van der Waals surface area (Å²) in [4.78, 5) is 4.82. The molecule has 202 valence electrons. The van der Waals surface area contributed by atoms with Crippen molar-refractivity contribution in [1.29, 1.82) is 0 Å². The number of hydrogen-bond donors (Lipinski definition) is 0. The molecule has 2 heteroatoms. The van der Waals surface area contributed by atoms with Crippen LogP contribution < -0.4 is 9.80 Å². The Morgan fingerprint density at radius 3 is 0.975 bits per heavy atom. The van der Waals surface area contributed by atoms with E-state index >= 15 is 0 Å². The minimum atomic E-state index is 1.14. The Labute approximate surface area is 240 Å². The van der Waals surface area contributed by atoms with Crippen molar-refractivity contribution in [1.82, 2.24) is 0 Å². The van der Waals surface area contributed by atoms with Crippen LogP contribution >= 0.6 is 0 Å². The summed E-state index contributed by atoms with van der Waals surface area (Å²) in [5.41, 5.74) is 17.2. The molecule has 0 radical (unpaired) electrons. The average Bonchev–Trinajstić information content (AvgIpc) is 2.89. The number of rotatable bonds is 6. The summed E-state index contributed by atoms with van der Waals surface area (Å²) in [5.74, 6) is 0. The lowest BCUT2D eigenvalue weighted by Gasteiger charge is -2.32. The van der Waals surface area contributed by atoms with Crippen LogP contribution in [0.4, 0.5) is 34.1 Å². The SMILES string of the molecule is Cc1ccc(N(c2cccc(N(c3ccc(C)cc3)c3c(C)cc(C)cc3C)c2)c2c(C)cc(C)cc2C)cc1. The van der Waals surface area contributed by atoms with Gasteiger partial charge in [0.15, 0.2) is 0 Å². The molecule has 0 bridgehead atoms. The Morgan fingerprint density at radius 1 is 0.325 bits per heavy atom. The number of aryl methyl sites for hydroxylation is 8. The fourth-order valence-corrected chi connectivity index (χ4v) is 6.02. The maximum atomic E-state index is 2.41. The second-order valence-electron chi connectivity index (χ2n) is 11.4. The van der Waals surface area contributed by atoms with Crippen LogP contribution in [0.2, 0.25) is 0 Å². The highest BCUT2D eigenvalue weighted by atomic mass is 15.2. The van der Waals surface area contributed by atoms with Crippen molar-refractivity contribution in [2.75, 3.05) is 9.80 Å². The van der Waals surface area contributed by atoms with E-state index in [1.54, 1.807) is 0 Å². The molecule has 0 heterocycles. The lowest BCUT2D eigenvalue weighted by atomic mass is 10.0. The number of anilines is 6. The molecule has 0 amide bonds. The Hall–Kier alpha value is -4.30. The first kappa shape index (κ1) is 27.3. The van der Waals surface area contributed by atoms with E-state index in [-0.39, 0.29) is 0 Å². The van der Waals surface area contributed by atoms with Gasteiger partial charge in [0.05, 0.1) is 11.4 Å². The summed E-state index contributed by atoms with van der Waals surface area (Å²) in [6, 6.07) is 35.8. The molecule has 0 unspecified atom stereocenters. The number of hydrogen-bond acceptors (Lipinski definition) is 2. The van der Waals surface area contributed by atoms with Crippen molar-refractivity contribution < 1.29 is 0 Å². The molecular weight excluding hydrogens is 484 g/mol. The molecule has 0 saturated heterocycles. The van der Waals surface area contributed by atoms with Gasteiger partial charge in [-0.3, -0.25) is 0 Å². The molecule has 5 aromatic rings. The van der Waals surface area contributed by atoms with Crippen LogP contribution in [0.3, 0.4) is 0 Å². The molecule has 0 aliphatic carbocycles. The molecule has 40 heavy (non-hydrogen) atoms. The van der Waals surface area contributed by atoms with Crippen molar-refractivity contribution in [3.05, 3.63) is 142 Å². The van der Waals surface area contributed by atoms with Crippen LogP contribution in [0, 0.1) is 55.4 Å². The highest BCUT2D eigenvalue weighted by Crippen LogP contribution is 2.44. The zero-order chi connectivity index (χ0) is 28.6. The van der Waals surface area contributed by atoms with E-state index in [2.05, 4.69) is 162 Å². The Bertz CT molecular complexity index is 1490. The maximum absolute atomic E-state index is 2.41. The van der Waals surface area contributed by atoms with Crippen molar-refractivity contribution in [2.45, 2.75) is 55.4 Å². The summed E-state index contributed by atoms with van der Waals surface area (Å²) in [6.07, 6.45) is 0. The largest absolute Gasteiger partial charge is 0.310 e. The van der Waals surface area contributed by atoms with Gasteiger partial charge in [0, 0.05) is 22.7 Å². The third-order valence-electron chi connectivity index (χ3n) is 7.65. The quantitative estimate of drug-likeness (QED) is 0.218. The molecule has 5 aromatic carbocycles. The molecule has 0 aliphatic heterocycles. The number of benzene rings is 5. The smallest absolute Gasteiger partial charge is 0.0520 e. The summed E-state index contributed by atoms with van der Waals surface area (Å²) < 4.78 is 0. The zero-order valence-corrected chi connectivity index (χ0v) is 25.1. The third-order valence-corrected chi connectivity index (χ3v) is 7.65. The minimum Gasteiger partial charge on any atom is -0.310 e. The van der Waals surface area contributed by atoms with Crippen LogP contribution in [0.1, 0.15) is 44.5 Å². The summed E-state index contributed by atoms with van der Waals surface area (Å²) in [5, 5.41) is 0. The molecular formula is C38H40N2. The molecule has 0 saturated carbocycles. The Kier molecular flexibility index (Phi) is 7.54. The van der Waals surface area contributed by atoms with E-state index in [1.165, 1.54) is 55.9 Å². The fraction of sp³-hybridized carbons (Fsp3) is 0.211. The average molecular weight is 525 g/mol. The second-order valence-corrected chi connectivity index (χ2v) is 11.4. The van der Waals surface area contributed by atoms with Crippen molar-refractivity contribution in [3.63, 3.8) is 0 Å². The molecule has 0 aliphatic rings. The van der Waals surface area contributed by atoms with E-state index < -0.39 is 0 Å². The van der Waals surface area contributed by atoms with E-state index in [9.17, 15) is 0 Å². The molecule has 0 fully saturated rings. The van der Waals surface area contributed by atoms with Gasteiger partial charge in [-0.15, -0.1) is 0 Å². The normalized spacial score (nSPS) is 11.0.